The highest BCUT2D eigenvalue weighted by Gasteiger charge is 2.34. The smallest absolute Gasteiger partial charge is 0.231 e. The molecule has 2 aliphatic heterocycles. The summed E-state index contributed by atoms with van der Waals surface area (Å²) in [4.78, 5) is 0. The van der Waals surface area contributed by atoms with Gasteiger partial charge in [0.1, 0.15) is 11.5 Å². The van der Waals surface area contributed by atoms with E-state index in [1.165, 1.54) is 0 Å². The Hall–Kier alpha value is -3.55. The van der Waals surface area contributed by atoms with Crippen molar-refractivity contribution in [1.29, 1.82) is 0 Å². The first-order valence-electron chi connectivity index (χ1n) is 11.0. The highest BCUT2D eigenvalue weighted by atomic mass is 16.7. The van der Waals surface area contributed by atoms with Crippen LogP contribution in [0.15, 0.2) is 36.4 Å². The summed E-state index contributed by atoms with van der Waals surface area (Å²) < 4.78 is 23.6. The summed E-state index contributed by atoms with van der Waals surface area (Å²) in [5, 5.41) is 15.0. The lowest BCUT2D eigenvalue weighted by atomic mass is 9.86. The zero-order chi connectivity index (χ0) is 22.1. The van der Waals surface area contributed by atoms with Crippen molar-refractivity contribution in [3.8, 4) is 23.0 Å². The average Bonchev–Trinajstić information content (AvgIpc) is 3.48. The number of aromatic amines is 1. The van der Waals surface area contributed by atoms with Gasteiger partial charge in [-0.2, -0.15) is 5.21 Å². The van der Waals surface area contributed by atoms with Crippen LogP contribution >= 0.6 is 0 Å². The molecule has 2 aromatic carbocycles. The van der Waals surface area contributed by atoms with Crippen molar-refractivity contribution in [3.05, 3.63) is 53.3 Å². The lowest BCUT2D eigenvalue weighted by Gasteiger charge is -2.31. The van der Waals surface area contributed by atoms with Crippen LogP contribution in [-0.2, 0) is 0 Å². The molecule has 0 amide bonds. The van der Waals surface area contributed by atoms with E-state index in [1.54, 1.807) is 0 Å². The third-order valence-corrected chi connectivity index (χ3v) is 5.55. The zero-order valence-corrected chi connectivity index (χ0v) is 18.4. The number of benzene rings is 2. The molecule has 0 spiro atoms. The van der Waals surface area contributed by atoms with Crippen LogP contribution in [0.4, 0.5) is 0 Å². The fourth-order valence-corrected chi connectivity index (χ4v) is 4.14. The normalized spacial score (nSPS) is 16.8. The Morgan fingerprint density at radius 2 is 1.94 bits per heavy atom. The van der Waals surface area contributed by atoms with Crippen molar-refractivity contribution in [2.24, 2.45) is 0 Å². The minimum Gasteiger partial charge on any atom is -0.491 e. The lowest BCUT2D eigenvalue weighted by molar-refractivity contribution is 0.173. The second-order valence-corrected chi connectivity index (χ2v) is 8.17. The van der Waals surface area contributed by atoms with Gasteiger partial charge in [-0.25, -0.2) is 0 Å². The molecule has 1 atom stereocenters. The molecule has 0 bridgehead atoms. The van der Waals surface area contributed by atoms with Gasteiger partial charge in [-0.3, -0.25) is 0 Å². The number of hydrogen-bond acceptors (Lipinski definition) is 7. The van der Waals surface area contributed by atoms with E-state index in [4.69, 9.17) is 18.9 Å². The van der Waals surface area contributed by atoms with Crippen LogP contribution in [0.2, 0.25) is 0 Å². The van der Waals surface area contributed by atoms with Gasteiger partial charge in [0.2, 0.25) is 12.6 Å². The lowest BCUT2D eigenvalue weighted by Crippen LogP contribution is -2.18. The number of rotatable bonds is 7. The molecule has 1 N–H and O–H groups in total. The van der Waals surface area contributed by atoms with Gasteiger partial charge < -0.3 is 18.9 Å². The number of ether oxygens (including phenoxy) is 4. The van der Waals surface area contributed by atoms with Crippen LogP contribution in [0.25, 0.3) is 11.1 Å². The summed E-state index contributed by atoms with van der Waals surface area (Å²) in [6.07, 6.45) is 2.63. The zero-order valence-electron chi connectivity index (χ0n) is 18.4. The number of unbranched alkanes of at least 4 members (excludes halogenated alkanes) is 1. The van der Waals surface area contributed by atoms with Gasteiger partial charge in [0.25, 0.3) is 0 Å². The fourth-order valence-electron chi connectivity index (χ4n) is 4.14. The summed E-state index contributed by atoms with van der Waals surface area (Å²) >= 11 is 0. The van der Waals surface area contributed by atoms with E-state index >= 15 is 0 Å². The molecule has 2 aliphatic rings. The number of tetrazole rings is 1. The van der Waals surface area contributed by atoms with Gasteiger partial charge in [0.05, 0.1) is 6.10 Å². The van der Waals surface area contributed by atoms with Crippen molar-refractivity contribution >= 4 is 11.1 Å². The third kappa shape index (κ3) is 3.77. The van der Waals surface area contributed by atoms with E-state index in [0.29, 0.717) is 11.6 Å². The number of nitrogens with one attached hydrogen (secondary N) is 1. The summed E-state index contributed by atoms with van der Waals surface area (Å²) in [6, 6.07) is 11.9. The monoisotopic (exact) mass is 434 g/mol. The minimum absolute atomic E-state index is 0.0821. The molecule has 1 unspecified atom stereocenters. The third-order valence-electron chi connectivity index (χ3n) is 5.55. The maximum Gasteiger partial charge on any atom is 0.231 e. The highest BCUT2D eigenvalue weighted by Crippen LogP contribution is 2.49. The van der Waals surface area contributed by atoms with E-state index in [9.17, 15) is 0 Å². The van der Waals surface area contributed by atoms with Crippen LogP contribution in [0.5, 0.6) is 23.0 Å². The van der Waals surface area contributed by atoms with E-state index < -0.39 is 6.10 Å². The summed E-state index contributed by atoms with van der Waals surface area (Å²) in [6.45, 7) is 6.44. The standard InChI is InChI=1S/C24H26N4O4/c1-4-5-6-17-18-12-16(31-14(2)3)8-10-19(18)32-23(22(17)24-25-27-28-26-24)15-7-9-20-21(11-15)30-13-29-20/h7-12,14,23H,4-6,13H2,1-3H3,(H,25,26,27,28). The molecule has 0 aliphatic carbocycles. The van der Waals surface area contributed by atoms with E-state index in [2.05, 4.69) is 33.6 Å². The van der Waals surface area contributed by atoms with Crippen molar-refractivity contribution in [1.82, 2.24) is 20.6 Å². The average molecular weight is 434 g/mol. The van der Waals surface area contributed by atoms with E-state index in [0.717, 1.165) is 58.8 Å². The summed E-state index contributed by atoms with van der Waals surface area (Å²) in [5.74, 6) is 3.59. The van der Waals surface area contributed by atoms with Crippen LogP contribution < -0.4 is 18.9 Å². The van der Waals surface area contributed by atoms with Crippen molar-refractivity contribution < 1.29 is 18.9 Å². The molecule has 0 fully saturated rings. The molecular weight excluding hydrogens is 408 g/mol. The number of H-pyrrole nitrogens is 1. The first-order valence-corrected chi connectivity index (χ1v) is 11.0. The quantitative estimate of drug-likeness (QED) is 0.562. The number of allylic oxidation sites excluding steroid dienone is 1. The molecule has 32 heavy (non-hydrogen) atoms. The first-order chi connectivity index (χ1) is 15.6. The number of nitrogens with zero attached hydrogens (tertiary/aromatic N) is 3. The first kappa shape index (κ1) is 20.4. The summed E-state index contributed by atoms with van der Waals surface area (Å²) in [5.41, 5.74) is 4.00. The highest BCUT2D eigenvalue weighted by molar-refractivity contribution is 5.95. The predicted molar refractivity (Wildman–Crippen MR) is 119 cm³/mol. The molecule has 0 saturated carbocycles. The number of hydrogen-bond donors (Lipinski definition) is 1. The fraction of sp³-hybridized carbons (Fsp3) is 0.375. The van der Waals surface area contributed by atoms with Gasteiger partial charge in [-0.1, -0.05) is 19.4 Å². The maximum atomic E-state index is 6.55. The summed E-state index contributed by atoms with van der Waals surface area (Å²) in [7, 11) is 0. The van der Waals surface area contributed by atoms with Gasteiger partial charge in [-0.15, -0.1) is 10.2 Å². The second kappa shape index (κ2) is 8.53. The Labute approximate surface area is 186 Å². The molecule has 0 saturated heterocycles. The predicted octanol–water partition coefficient (Wildman–Crippen LogP) is 4.95. The Morgan fingerprint density at radius 3 is 2.72 bits per heavy atom. The van der Waals surface area contributed by atoms with E-state index in [-0.39, 0.29) is 12.9 Å². The second-order valence-electron chi connectivity index (χ2n) is 8.17. The molecular formula is C24H26N4O4. The molecule has 3 aromatic rings. The van der Waals surface area contributed by atoms with Gasteiger partial charge >= 0.3 is 0 Å². The minimum atomic E-state index is -0.404. The van der Waals surface area contributed by atoms with E-state index in [1.807, 2.05) is 44.2 Å². The van der Waals surface area contributed by atoms with Crippen LogP contribution in [0.3, 0.4) is 0 Å². The maximum absolute atomic E-state index is 6.55. The molecule has 5 rings (SSSR count). The Bertz CT molecular complexity index is 1140. The van der Waals surface area contributed by atoms with Gasteiger partial charge in [-0.05, 0) is 67.8 Å². The Balaban J connectivity index is 1.67. The molecule has 8 nitrogen and oxygen atoms in total. The molecule has 1 aromatic heterocycles. The van der Waals surface area contributed by atoms with Crippen LogP contribution in [0, 0.1) is 0 Å². The van der Waals surface area contributed by atoms with Gasteiger partial charge in [0.15, 0.2) is 17.6 Å². The topological polar surface area (TPSA) is 91.4 Å². The molecule has 0 radical (unpaired) electrons. The SMILES string of the molecule is CCCCC1=C(c2nn[nH]n2)C(c2ccc3c(c2)OCO3)Oc2ccc(OC(C)C)cc21. The largest absolute Gasteiger partial charge is 0.491 e. The Morgan fingerprint density at radius 1 is 1.09 bits per heavy atom. The van der Waals surface area contributed by atoms with Crippen LogP contribution in [-0.4, -0.2) is 33.5 Å². The number of aromatic nitrogens is 4. The molecule has 166 valence electrons. The molecule has 8 heteroatoms. The van der Waals surface area contributed by atoms with Crippen molar-refractivity contribution in [2.75, 3.05) is 6.79 Å². The van der Waals surface area contributed by atoms with Crippen molar-refractivity contribution in [3.63, 3.8) is 0 Å². The number of fused-ring (bicyclic) bond motifs is 2. The van der Waals surface area contributed by atoms with Gasteiger partial charge in [0, 0.05) is 16.7 Å². The molecule has 3 heterocycles. The Kier molecular flexibility index (Phi) is 5.43. The van der Waals surface area contributed by atoms with Crippen LogP contribution in [0.1, 0.15) is 63.1 Å². The van der Waals surface area contributed by atoms with Crippen molar-refractivity contribution in [2.45, 2.75) is 52.2 Å².